The molecule has 0 aromatic rings. The van der Waals surface area contributed by atoms with Crippen molar-refractivity contribution >= 4 is 17.3 Å². The molecule has 0 N–H and O–H groups in total. The molecule has 2 nitrogen and oxygen atoms in total. The molecule has 1 aliphatic rings. The highest BCUT2D eigenvalue weighted by atomic mass is 35.5. The Balaban J connectivity index is 2.07. The smallest absolute Gasteiger partial charge is 0.136 e. The fraction of sp³-hybridized carbons (Fsp3) is 0.625. The molecule has 0 spiro atoms. The van der Waals surface area contributed by atoms with Crippen LogP contribution < -0.4 is 0 Å². The number of oxime groups is 1. The van der Waals surface area contributed by atoms with Crippen molar-refractivity contribution in [1.29, 1.82) is 0 Å². The second kappa shape index (κ2) is 4.39. The molecule has 0 aromatic heterocycles. The largest absolute Gasteiger partial charge is 0.392 e. The summed E-state index contributed by atoms with van der Waals surface area (Å²) in [6.45, 7) is 2.68. The van der Waals surface area contributed by atoms with Gasteiger partial charge < -0.3 is 4.84 Å². The first-order valence-corrected chi connectivity index (χ1v) is 4.19. The van der Waals surface area contributed by atoms with Gasteiger partial charge in [0.1, 0.15) is 6.61 Å². The molecule has 0 saturated heterocycles. The Bertz CT molecular complexity index is 169. The van der Waals surface area contributed by atoms with Gasteiger partial charge in [0.2, 0.25) is 0 Å². The lowest BCUT2D eigenvalue weighted by molar-refractivity contribution is 0.170. The SMILES string of the molecule is CC1CC(=NOC/C=C/Cl)C1. The molecule has 0 radical (unpaired) electrons. The van der Waals surface area contributed by atoms with Crippen LogP contribution in [0.15, 0.2) is 16.8 Å². The Morgan fingerprint density at radius 1 is 1.73 bits per heavy atom. The van der Waals surface area contributed by atoms with E-state index >= 15 is 0 Å². The van der Waals surface area contributed by atoms with Crippen LogP contribution in [-0.2, 0) is 4.84 Å². The Morgan fingerprint density at radius 3 is 3.00 bits per heavy atom. The van der Waals surface area contributed by atoms with Gasteiger partial charge in [-0.2, -0.15) is 0 Å². The number of halogens is 1. The van der Waals surface area contributed by atoms with Gasteiger partial charge in [0.25, 0.3) is 0 Å². The predicted molar refractivity (Wildman–Crippen MR) is 46.8 cm³/mol. The van der Waals surface area contributed by atoms with E-state index in [4.69, 9.17) is 16.4 Å². The molecule has 1 fully saturated rings. The average molecular weight is 174 g/mol. The molecule has 0 aromatic carbocycles. The van der Waals surface area contributed by atoms with Crippen LogP contribution in [0.3, 0.4) is 0 Å². The second-order valence-corrected chi connectivity index (χ2v) is 3.08. The molecule has 3 heteroatoms. The van der Waals surface area contributed by atoms with Gasteiger partial charge in [0, 0.05) is 5.54 Å². The summed E-state index contributed by atoms with van der Waals surface area (Å²) in [6.07, 6.45) is 3.89. The van der Waals surface area contributed by atoms with Crippen LogP contribution in [-0.4, -0.2) is 12.3 Å². The van der Waals surface area contributed by atoms with Gasteiger partial charge in [-0.3, -0.25) is 0 Å². The van der Waals surface area contributed by atoms with Crippen LogP contribution in [0.4, 0.5) is 0 Å². The summed E-state index contributed by atoms with van der Waals surface area (Å²) in [5, 5.41) is 3.92. The zero-order chi connectivity index (χ0) is 8.10. The molecule has 0 amide bonds. The van der Waals surface area contributed by atoms with Gasteiger partial charge in [-0.15, -0.1) is 0 Å². The molecule has 1 rings (SSSR count). The van der Waals surface area contributed by atoms with E-state index in [-0.39, 0.29) is 0 Å². The van der Waals surface area contributed by atoms with Crippen molar-refractivity contribution in [3.8, 4) is 0 Å². The summed E-state index contributed by atoms with van der Waals surface area (Å²) in [5.41, 5.74) is 2.60. The maximum absolute atomic E-state index is 5.28. The van der Waals surface area contributed by atoms with Crippen molar-refractivity contribution in [1.82, 2.24) is 0 Å². The third kappa shape index (κ3) is 2.93. The fourth-order valence-electron chi connectivity index (χ4n) is 1.03. The monoisotopic (exact) mass is 173 g/mol. The van der Waals surface area contributed by atoms with E-state index in [0.29, 0.717) is 6.61 Å². The summed E-state index contributed by atoms with van der Waals surface area (Å²) in [4.78, 5) is 4.94. The summed E-state index contributed by atoms with van der Waals surface area (Å²) >= 11 is 5.28. The quantitative estimate of drug-likeness (QED) is 0.475. The molecule has 0 unspecified atom stereocenters. The zero-order valence-electron chi connectivity index (χ0n) is 6.59. The van der Waals surface area contributed by atoms with E-state index < -0.39 is 0 Å². The van der Waals surface area contributed by atoms with Crippen LogP contribution in [0.5, 0.6) is 0 Å². The lowest BCUT2D eigenvalue weighted by Crippen LogP contribution is -2.20. The molecule has 1 aliphatic carbocycles. The maximum atomic E-state index is 5.28. The molecule has 0 heterocycles. The van der Waals surface area contributed by atoms with E-state index in [1.54, 1.807) is 6.08 Å². The first-order chi connectivity index (χ1) is 5.33. The number of hydrogen-bond acceptors (Lipinski definition) is 2. The Kier molecular flexibility index (Phi) is 3.43. The van der Waals surface area contributed by atoms with E-state index in [1.165, 1.54) is 11.2 Å². The Hall–Kier alpha value is -0.500. The normalized spacial score (nSPS) is 23.5. The topological polar surface area (TPSA) is 21.6 Å². The van der Waals surface area contributed by atoms with Gasteiger partial charge in [-0.1, -0.05) is 23.7 Å². The van der Waals surface area contributed by atoms with E-state index in [9.17, 15) is 0 Å². The number of hydrogen-bond donors (Lipinski definition) is 0. The van der Waals surface area contributed by atoms with Crippen molar-refractivity contribution in [3.05, 3.63) is 11.6 Å². The maximum Gasteiger partial charge on any atom is 0.136 e. The minimum Gasteiger partial charge on any atom is -0.392 e. The molecular weight excluding hydrogens is 162 g/mol. The lowest BCUT2D eigenvalue weighted by atomic mass is 9.85. The van der Waals surface area contributed by atoms with Gasteiger partial charge in [-0.25, -0.2) is 0 Å². The van der Waals surface area contributed by atoms with Crippen LogP contribution in [0.25, 0.3) is 0 Å². The molecule has 0 bridgehead atoms. The van der Waals surface area contributed by atoms with Crippen LogP contribution in [0.1, 0.15) is 19.8 Å². The molecule has 0 aliphatic heterocycles. The van der Waals surface area contributed by atoms with Gasteiger partial charge >= 0.3 is 0 Å². The first-order valence-electron chi connectivity index (χ1n) is 3.76. The van der Waals surface area contributed by atoms with Crippen molar-refractivity contribution in [2.24, 2.45) is 11.1 Å². The highest BCUT2D eigenvalue weighted by Gasteiger charge is 2.20. The minimum absolute atomic E-state index is 0.474. The average Bonchev–Trinajstić information content (AvgIpc) is 1.94. The van der Waals surface area contributed by atoms with Crippen LogP contribution in [0.2, 0.25) is 0 Å². The predicted octanol–water partition coefficient (Wildman–Crippen LogP) is 2.54. The summed E-state index contributed by atoms with van der Waals surface area (Å²) in [5.74, 6) is 0.793. The molecule has 62 valence electrons. The van der Waals surface area contributed by atoms with E-state index in [2.05, 4.69) is 12.1 Å². The highest BCUT2D eigenvalue weighted by Crippen LogP contribution is 2.22. The van der Waals surface area contributed by atoms with Crippen LogP contribution in [0, 0.1) is 5.92 Å². The van der Waals surface area contributed by atoms with Gasteiger partial charge in [0.05, 0.1) is 5.71 Å². The third-order valence-corrected chi connectivity index (χ3v) is 1.80. The van der Waals surface area contributed by atoms with Crippen LogP contribution >= 0.6 is 11.6 Å². The van der Waals surface area contributed by atoms with Crippen molar-refractivity contribution in [3.63, 3.8) is 0 Å². The Morgan fingerprint density at radius 2 is 2.45 bits per heavy atom. The van der Waals surface area contributed by atoms with Crippen molar-refractivity contribution in [2.75, 3.05) is 6.61 Å². The number of nitrogens with zero attached hydrogens (tertiary/aromatic N) is 1. The Labute approximate surface area is 71.9 Å². The molecule has 0 atom stereocenters. The zero-order valence-corrected chi connectivity index (χ0v) is 7.34. The highest BCUT2D eigenvalue weighted by molar-refractivity contribution is 6.25. The second-order valence-electron chi connectivity index (χ2n) is 2.83. The number of rotatable bonds is 3. The summed E-state index contributed by atoms with van der Waals surface area (Å²) in [6, 6.07) is 0. The summed E-state index contributed by atoms with van der Waals surface area (Å²) in [7, 11) is 0. The fourth-order valence-corrected chi connectivity index (χ4v) is 1.10. The van der Waals surface area contributed by atoms with Gasteiger partial charge in [-0.05, 0) is 24.8 Å². The third-order valence-electron chi connectivity index (χ3n) is 1.62. The summed E-state index contributed by atoms with van der Waals surface area (Å²) < 4.78 is 0. The first kappa shape index (κ1) is 8.60. The molecule has 1 saturated carbocycles. The molecular formula is C8H12ClNO. The molecule has 11 heavy (non-hydrogen) atoms. The lowest BCUT2D eigenvalue weighted by Gasteiger charge is -2.22. The van der Waals surface area contributed by atoms with Crippen molar-refractivity contribution in [2.45, 2.75) is 19.8 Å². The van der Waals surface area contributed by atoms with E-state index in [0.717, 1.165) is 18.8 Å². The van der Waals surface area contributed by atoms with E-state index in [1.807, 2.05) is 0 Å². The minimum atomic E-state index is 0.474. The van der Waals surface area contributed by atoms with Crippen molar-refractivity contribution < 1.29 is 4.84 Å². The standard InChI is InChI=1S/C8H12ClNO/c1-7-5-8(6-7)10-11-4-2-3-9/h2-3,7H,4-6H2,1H3/b3-2+,10-8?. The van der Waals surface area contributed by atoms with Gasteiger partial charge in [0.15, 0.2) is 0 Å².